The van der Waals surface area contributed by atoms with E-state index in [2.05, 4.69) is 29.2 Å². The second-order valence-electron chi connectivity index (χ2n) is 9.87. The standard InChI is InChI=1S/C29H27FN2O4/c1-17-10-11-26(30)27(31-17)28(33)18-12-19-14-35-15-20(13-18)32(19)29(34)36-16-25-23-8-4-2-6-21(23)22-7-3-5-9-24(22)25/h2-11,18-20,25H,12-16H2,1H3. The monoisotopic (exact) mass is 486 g/mol. The highest BCUT2D eigenvalue weighted by Gasteiger charge is 2.45. The number of Topliss-reactive ketones (excluding diaryl/α,β-unsaturated/α-hetero) is 1. The van der Waals surface area contributed by atoms with Crippen LogP contribution in [0.15, 0.2) is 60.7 Å². The molecule has 2 fully saturated rings. The lowest BCUT2D eigenvalue weighted by Gasteiger charge is -2.47. The number of ether oxygens (including phenoxy) is 2. The van der Waals surface area contributed by atoms with Crippen molar-refractivity contribution in [2.45, 2.75) is 37.8 Å². The maximum atomic E-state index is 14.3. The van der Waals surface area contributed by atoms with Gasteiger partial charge in [0.05, 0.1) is 25.3 Å². The molecule has 6 rings (SSSR count). The molecule has 36 heavy (non-hydrogen) atoms. The van der Waals surface area contributed by atoms with E-state index in [0.717, 1.165) is 11.1 Å². The summed E-state index contributed by atoms with van der Waals surface area (Å²) in [7, 11) is 0. The zero-order valence-corrected chi connectivity index (χ0v) is 20.0. The van der Waals surface area contributed by atoms with Crippen LogP contribution in [0, 0.1) is 18.7 Å². The van der Waals surface area contributed by atoms with E-state index in [4.69, 9.17) is 9.47 Å². The van der Waals surface area contributed by atoms with Crippen LogP contribution < -0.4 is 0 Å². The van der Waals surface area contributed by atoms with Gasteiger partial charge in [0.2, 0.25) is 0 Å². The first-order valence-corrected chi connectivity index (χ1v) is 12.4. The number of rotatable bonds is 4. The summed E-state index contributed by atoms with van der Waals surface area (Å²) < 4.78 is 26.0. The number of aromatic nitrogens is 1. The van der Waals surface area contributed by atoms with Gasteiger partial charge < -0.3 is 9.47 Å². The number of halogens is 1. The molecular weight excluding hydrogens is 459 g/mol. The van der Waals surface area contributed by atoms with Crippen LogP contribution in [0.5, 0.6) is 0 Å². The van der Waals surface area contributed by atoms with Crippen molar-refractivity contribution < 1.29 is 23.5 Å². The molecule has 0 spiro atoms. The van der Waals surface area contributed by atoms with E-state index >= 15 is 0 Å². The first kappa shape index (κ1) is 22.9. The van der Waals surface area contributed by atoms with Crippen molar-refractivity contribution in [3.8, 4) is 11.1 Å². The Hall–Kier alpha value is -3.58. The lowest BCUT2D eigenvalue weighted by Crippen LogP contribution is -2.60. The van der Waals surface area contributed by atoms with Gasteiger partial charge >= 0.3 is 6.09 Å². The Kier molecular flexibility index (Phi) is 5.80. The average molecular weight is 487 g/mol. The normalized spacial score (nSPS) is 22.6. The number of aryl methyl sites for hydroxylation is 1. The Bertz CT molecular complexity index is 1280. The average Bonchev–Trinajstić information content (AvgIpc) is 3.21. The smallest absolute Gasteiger partial charge is 0.410 e. The van der Waals surface area contributed by atoms with Crippen molar-refractivity contribution in [1.82, 2.24) is 9.88 Å². The molecule has 1 aromatic heterocycles. The zero-order valence-electron chi connectivity index (χ0n) is 20.0. The van der Waals surface area contributed by atoms with E-state index in [1.54, 1.807) is 17.9 Å². The van der Waals surface area contributed by atoms with Gasteiger partial charge in [-0.15, -0.1) is 0 Å². The Morgan fingerprint density at radius 1 is 0.972 bits per heavy atom. The lowest BCUT2D eigenvalue weighted by atomic mass is 9.81. The van der Waals surface area contributed by atoms with Crippen LogP contribution in [0.25, 0.3) is 11.1 Å². The minimum atomic E-state index is -0.606. The van der Waals surface area contributed by atoms with Gasteiger partial charge in [-0.05, 0) is 54.2 Å². The molecule has 2 saturated heterocycles. The van der Waals surface area contributed by atoms with Crippen LogP contribution in [0.3, 0.4) is 0 Å². The number of morpholine rings is 1. The van der Waals surface area contributed by atoms with Gasteiger partial charge in [0.25, 0.3) is 0 Å². The molecule has 0 N–H and O–H groups in total. The number of nitrogens with zero attached hydrogens (tertiary/aromatic N) is 2. The maximum Gasteiger partial charge on any atom is 0.410 e. The first-order chi connectivity index (χ1) is 17.5. The summed E-state index contributed by atoms with van der Waals surface area (Å²) in [6.45, 7) is 2.63. The van der Waals surface area contributed by atoms with Gasteiger partial charge in [0, 0.05) is 17.5 Å². The highest BCUT2D eigenvalue weighted by atomic mass is 19.1. The zero-order chi connectivity index (χ0) is 24.8. The molecular formula is C29H27FN2O4. The molecule has 6 nitrogen and oxygen atoms in total. The third-order valence-electron chi connectivity index (χ3n) is 7.66. The molecule has 0 radical (unpaired) electrons. The molecule has 3 aliphatic rings. The van der Waals surface area contributed by atoms with E-state index in [9.17, 15) is 14.0 Å². The van der Waals surface area contributed by atoms with Crippen molar-refractivity contribution >= 4 is 11.9 Å². The van der Waals surface area contributed by atoms with Gasteiger partial charge in [0.15, 0.2) is 11.6 Å². The summed E-state index contributed by atoms with van der Waals surface area (Å²) in [6.07, 6.45) is 0.407. The number of hydrogen-bond donors (Lipinski definition) is 0. The number of hydrogen-bond acceptors (Lipinski definition) is 5. The summed E-state index contributed by atoms with van der Waals surface area (Å²) in [6, 6.07) is 18.7. The predicted molar refractivity (Wildman–Crippen MR) is 131 cm³/mol. The number of benzene rings is 2. The second kappa shape index (κ2) is 9.13. The molecule has 3 aromatic rings. The third-order valence-corrected chi connectivity index (χ3v) is 7.66. The number of carbonyl (C=O) groups excluding carboxylic acids is 2. The summed E-state index contributed by atoms with van der Waals surface area (Å²) in [4.78, 5) is 32.3. The minimum absolute atomic E-state index is 0.0214. The van der Waals surface area contributed by atoms with Crippen molar-refractivity contribution in [3.63, 3.8) is 0 Å². The quantitative estimate of drug-likeness (QED) is 0.478. The van der Waals surface area contributed by atoms with Crippen molar-refractivity contribution in [2.75, 3.05) is 19.8 Å². The Balaban J connectivity index is 1.17. The molecule has 7 heteroatoms. The minimum Gasteiger partial charge on any atom is -0.448 e. The topological polar surface area (TPSA) is 68.7 Å². The summed E-state index contributed by atoms with van der Waals surface area (Å²) in [5.74, 6) is -1.34. The lowest BCUT2D eigenvalue weighted by molar-refractivity contribution is -0.0748. The first-order valence-electron chi connectivity index (χ1n) is 12.4. The van der Waals surface area contributed by atoms with Crippen LogP contribution in [-0.4, -0.2) is 53.7 Å². The van der Waals surface area contributed by atoms with Crippen LogP contribution in [0.2, 0.25) is 0 Å². The number of piperidine rings is 1. The molecule has 2 unspecified atom stereocenters. The molecule has 184 valence electrons. The van der Waals surface area contributed by atoms with Crippen molar-refractivity contribution in [1.29, 1.82) is 0 Å². The molecule has 2 aromatic carbocycles. The highest BCUT2D eigenvalue weighted by molar-refractivity contribution is 5.96. The Labute approximate surface area is 209 Å². The number of pyridine rings is 1. The predicted octanol–water partition coefficient (Wildman–Crippen LogP) is 5.14. The summed E-state index contributed by atoms with van der Waals surface area (Å²) in [5, 5.41) is 0. The summed E-state index contributed by atoms with van der Waals surface area (Å²) in [5.41, 5.74) is 5.15. The molecule has 0 saturated carbocycles. The van der Waals surface area contributed by atoms with Crippen LogP contribution in [0.4, 0.5) is 9.18 Å². The third kappa shape index (κ3) is 3.88. The molecule has 1 aliphatic carbocycles. The number of fused-ring (bicyclic) bond motifs is 5. The van der Waals surface area contributed by atoms with E-state index in [0.29, 0.717) is 31.7 Å². The SMILES string of the molecule is Cc1ccc(F)c(C(=O)C2CC3COCC(C2)N3C(=O)OCC2c3ccccc3-c3ccccc32)n1. The maximum absolute atomic E-state index is 14.3. The van der Waals surface area contributed by atoms with E-state index < -0.39 is 11.7 Å². The summed E-state index contributed by atoms with van der Waals surface area (Å²) >= 11 is 0. The largest absolute Gasteiger partial charge is 0.448 e. The molecule has 2 aliphatic heterocycles. The van der Waals surface area contributed by atoms with Crippen molar-refractivity contribution in [2.24, 2.45) is 5.92 Å². The molecule has 1 amide bonds. The Morgan fingerprint density at radius 3 is 2.22 bits per heavy atom. The van der Waals surface area contributed by atoms with Crippen LogP contribution in [-0.2, 0) is 9.47 Å². The van der Waals surface area contributed by atoms with Gasteiger partial charge in [-0.1, -0.05) is 48.5 Å². The fourth-order valence-electron chi connectivity index (χ4n) is 6.00. The Morgan fingerprint density at radius 2 is 1.58 bits per heavy atom. The van der Waals surface area contributed by atoms with E-state index in [-0.39, 0.29) is 42.2 Å². The van der Waals surface area contributed by atoms with Gasteiger partial charge in [-0.2, -0.15) is 0 Å². The van der Waals surface area contributed by atoms with Crippen LogP contribution in [0.1, 0.15) is 46.1 Å². The number of amides is 1. The fourth-order valence-corrected chi connectivity index (χ4v) is 6.00. The van der Waals surface area contributed by atoms with Gasteiger partial charge in [-0.3, -0.25) is 9.69 Å². The van der Waals surface area contributed by atoms with Crippen LogP contribution >= 0.6 is 0 Å². The van der Waals surface area contributed by atoms with E-state index in [1.165, 1.54) is 17.2 Å². The van der Waals surface area contributed by atoms with Gasteiger partial charge in [-0.25, -0.2) is 14.2 Å². The van der Waals surface area contributed by atoms with Crippen molar-refractivity contribution in [3.05, 3.63) is 89.0 Å². The molecule has 2 bridgehead atoms. The fraction of sp³-hybridized carbons (Fsp3) is 0.345. The molecule has 3 heterocycles. The highest BCUT2D eigenvalue weighted by Crippen LogP contribution is 2.44. The second-order valence-corrected chi connectivity index (χ2v) is 9.87. The molecule has 2 atom stereocenters. The van der Waals surface area contributed by atoms with Gasteiger partial charge in [0.1, 0.15) is 12.3 Å². The number of ketones is 1. The number of carbonyl (C=O) groups is 2. The van der Waals surface area contributed by atoms with E-state index in [1.807, 2.05) is 24.3 Å².